The minimum atomic E-state index is 0.0235. The van der Waals surface area contributed by atoms with Gasteiger partial charge < -0.3 is 0 Å². The van der Waals surface area contributed by atoms with Crippen molar-refractivity contribution in [2.24, 2.45) is 17.8 Å². The molecule has 2 aromatic rings. The van der Waals surface area contributed by atoms with E-state index in [1.165, 1.54) is 39.6 Å². The van der Waals surface area contributed by atoms with Crippen LogP contribution in [0.4, 0.5) is 0 Å². The summed E-state index contributed by atoms with van der Waals surface area (Å²) in [6.07, 6.45) is 13.6. The van der Waals surface area contributed by atoms with Gasteiger partial charge >= 0.3 is 0 Å². The van der Waals surface area contributed by atoms with Crippen LogP contribution in [0.15, 0.2) is 60.3 Å². The quantitative estimate of drug-likeness (QED) is 0.484. The van der Waals surface area contributed by atoms with E-state index in [9.17, 15) is 0 Å². The summed E-state index contributed by atoms with van der Waals surface area (Å²) in [4.78, 5) is 4.86. The van der Waals surface area contributed by atoms with Crippen molar-refractivity contribution < 1.29 is 0 Å². The van der Waals surface area contributed by atoms with E-state index >= 15 is 0 Å². The normalized spacial score (nSPS) is 20.6. The first-order valence-electron chi connectivity index (χ1n) is 11.2. The number of nitrogens with zero attached hydrogens (tertiary/aromatic N) is 1. The Balaban J connectivity index is 0.000000431. The zero-order chi connectivity index (χ0) is 21.2. The lowest BCUT2D eigenvalue weighted by molar-refractivity contribution is 0.511. The van der Waals surface area contributed by atoms with E-state index in [4.69, 9.17) is 4.98 Å². The Morgan fingerprint density at radius 1 is 1.17 bits per heavy atom. The molecule has 0 aliphatic heterocycles. The van der Waals surface area contributed by atoms with Gasteiger partial charge in [0.05, 0.1) is 5.69 Å². The summed E-state index contributed by atoms with van der Waals surface area (Å²) in [7, 11) is 0. The lowest BCUT2D eigenvalue weighted by atomic mass is 9.63. The van der Waals surface area contributed by atoms with E-state index in [-0.39, 0.29) is 5.41 Å². The summed E-state index contributed by atoms with van der Waals surface area (Å²) >= 11 is 0. The molecule has 2 unspecified atom stereocenters. The molecule has 0 amide bonds. The summed E-state index contributed by atoms with van der Waals surface area (Å²) in [5.41, 5.74) is 5.57. The molecule has 4 rings (SSSR count). The van der Waals surface area contributed by atoms with E-state index in [1.54, 1.807) is 0 Å². The van der Waals surface area contributed by atoms with Crippen LogP contribution in [-0.2, 0) is 5.41 Å². The fraction of sp³-hybridized carbons (Fsp3) is 0.464. The molecule has 0 fully saturated rings. The molecule has 0 radical (unpaired) electrons. The van der Waals surface area contributed by atoms with Crippen LogP contribution in [0.2, 0.25) is 0 Å². The average Bonchev–Trinajstić information content (AvgIpc) is 2.72. The largest absolute Gasteiger partial charge is 0.256 e. The predicted octanol–water partition coefficient (Wildman–Crippen LogP) is 8.12. The van der Waals surface area contributed by atoms with Gasteiger partial charge in [-0.25, -0.2) is 0 Å². The minimum Gasteiger partial charge on any atom is -0.256 e. The van der Waals surface area contributed by atoms with Gasteiger partial charge in [-0.15, -0.1) is 0 Å². The Bertz CT molecular complexity index is 950. The summed E-state index contributed by atoms with van der Waals surface area (Å²) < 4.78 is 0. The number of pyridine rings is 1. The standard InChI is InChI=1S/C23H25N.C5H12/c1-5-8-15(2)17-10-7-12-19-21(17)22-20-16(13-14-24-22)9-6-11-18(20)23(19,3)4;1-4-5(2)3/h5-9,11-15,17H,10H2,1-4H3;5H,4H2,1-3H3. The van der Waals surface area contributed by atoms with Crippen LogP contribution < -0.4 is 0 Å². The maximum Gasteiger partial charge on any atom is 0.0749 e. The molecule has 1 nitrogen and oxygen atoms in total. The van der Waals surface area contributed by atoms with Crippen LogP contribution in [0, 0.1) is 17.8 Å². The van der Waals surface area contributed by atoms with Crippen molar-refractivity contribution in [1.29, 1.82) is 0 Å². The second-order valence-electron chi connectivity index (χ2n) is 9.45. The number of hydrogen-bond acceptors (Lipinski definition) is 1. The van der Waals surface area contributed by atoms with Crippen molar-refractivity contribution >= 4 is 16.3 Å². The third-order valence-corrected chi connectivity index (χ3v) is 6.68. The molecule has 1 heterocycles. The monoisotopic (exact) mass is 387 g/mol. The van der Waals surface area contributed by atoms with Gasteiger partial charge in [0, 0.05) is 17.0 Å². The Labute approximate surface area is 177 Å². The van der Waals surface area contributed by atoms with Crippen LogP contribution in [0.25, 0.3) is 16.3 Å². The third kappa shape index (κ3) is 3.97. The Hall–Kier alpha value is -2.15. The van der Waals surface area contributed by atoms with Gasteiger partial charge in [0.2, 0.25) is 0 Å². The van der Waals surface area contributed by atoms with Crippen LogP contribution in [0.5, 0.6) is 0 Å². The lowest BCUT2D eigenvalue weighted by Crippen LogP contribution is -2.30. The van der Waals surface area contributed by atoms with Crippen molar-refractivity contribution in [3.8, 4) is 0 Å². The minimum absolute atomic E-state index is 0.0235. The zero-order valence-electron chi connectivity index (χ0n) is 19.3. The first-order chi connectivity index (χ1) is 13.8. The van der Waals surface area contributed by atoms with Crippen LogP contribution >= 0.6 is 0 Å². The van der Waals surface area contributed by atoms with Crippen molar-refractivity contribution in [2.75, 3.05) is 0 Å². The number of allylic oxidation sites excluding steroid dienone is 6. The maximum absolute atomic E-state index is 4.86. The van der Waals surface area contributed by atoms with E-state index in [1.807, 2.05) is 6.20 Å². The van der Waals surface area contributed by atoms with Gasteiger partial charge in [-0.05, 0) is 59.3 Å². The number of aromatic nitrogens is 1. The molecule has 0 bridgehead atoms. The number of fused-ring (bicyclic) bond motifs is 1. The first kappa shape index (κ1) is 21.6. The fourth-order valence-corrected chi connectivity index (χ4v) is 4.60. The third-order valence-electron chi connectivity index (χ3n) is 6.68. The predicted molar refractivity (Wildman–Crippen MR) is 128 cm³/mol. The summed E-state index contributed by atoms with van der Waals surface area (Å²) in [6, 6.07) is 8.83. The molecule has 2 aliphatic carbocycles. The summed E-state index contributed by atoms with van der Waals surface area (Å²) in [5, 5.41) is 2.67. The van der Waals surface area contributed by atoms with Gasteiger partial charge in [0.15, 0.2) is 0 Å². The number of benzene rings is 1. The molecular formula is C28H37N. The first-order valence-corrected chi connectivity index (χ1v) is 11.2. The van der Waals surface area contributed by atoms with Gasteiger partial charge in [-0.3, -0.25) is 4.98 Å². The fourth-order valence-electron chi connectivity index (χ4n) is 4.60. The van der Waals surface area contributed by atoms with E-state index in [0.717, 1.165) is 12.3 Å². The van der Waals surface area contributed by atoms with Gasteiger partial charge in [0.25, 0.3) is 0 Å². The van der Waals surface area contributed by atoms with Crippen molar-refractivity contribution in [3.05, 3.63) is 71.6 Å². The average molecular weight is 388 g/mol. The lowest BCUT2D eigenvalue weighted by Gasteiger charge is -2.40. The Kier molecular flexibility index (Phi) is 6.46. The van der Waals surface area contributed by atoms with Crippen molar-refractivity contribution in [2.45, 2.75) is 66.7 Å². The molecule has 0 saturated carbocycles. The topological polar surface area (TPSA) is 12.9 Å². The number of rotatable bonds is 3. The summed E-state index contributed by atoms with van der Waals surface area (Å²) in [5.74, 6) is 1.91. The van der Waals surface area contributed by atoms with E-state index in [2.05, 4.69) is 97.0 Å². The molecule has 1 aromatic heterocycles. The van der Waals surface area contributed by atoms with Crippen LogP contribution in [-0.4, -0.2) is 4.98 Å². The highest BCUT2D eigenvalue weighted by molar-refractivity contribution is 6.00. The summed E-state index contributed by atoms with van der Waals surface area (Å²) in [6.45, 7) is 15.8. The molecule has 0 spiro atoms. The molecule has 1 heteroatoms. The second-order valence-corrected chi connectivity index (χ2v) is 9.45. The zero-order valence-corrected chi connectivity index (χ0v) is 19.3. The Morgan fingerprint density at radius 2 is 1.90 bits per heavy atom. The van der Waals surface area contributed by atoms with Gasteiger partial charge in [-0.1, -0.05) is 90.5 Å². The molecule has 2 aliphatic rings. The van der Waals surface area contributed by atoms with Crippen molar-refractivity contribution in [1.82, 2.24) is 4.98 Å². The van der Waals surface area contributed by atoms with E-state index < -0.39 is 0 Å². The Morgan fingerprint density at radius 3 is 2.55 bits per heavy atom. The smallest absolute Gasteiger partial charge is 0.0749 e. The highest BCUT2D eigenvalue weighted by Gasteiger charge is 2.39. The molecule has 154 valence electrons. The number of hydrogen-bond donors (Lipinski definition) is 0. The van der Waals surface area contributed by atoms with E-state index in [0.29, 0.717) is 11.8 Å². The highest BCUT2D eigenvalue weighted by Crippen LogP contribution is 2.51. The molecule has 1 aromatic carbocycles. The SMILES string of the molecule is CC=CC(C)C1CC=CC2=C1c1nccc3cccc(c13)C2(C)C.CCC(C)C. The molecular weight excluding hydrogens is 350 g/mol. The molecule has 29 heavy (non-hydrogen) atoms. The van der Waals surface area contributed by atoms with Crippen molar-refractivity contribution in [3.63, 3.8) is 0 Å². The molecule has 0 saturated heterocycles. The molecule has 2 atom stereocenters. The molecule has 0 N–H and O–H groups in total. The van der Waals surface area contributed by atoms with Gasteiger partial charge in [-0.2, -0.15) is 0 Å². The van der Waals surface area contributed by atoms with Gasteiger partial charge in [0.1, 0.15) is 0 Å². The maximum atomic E-state index is 4.86. The highest BCUT2D eigenvalue weighted by atomic mass is 14.7. The van der Waals surface area contributed by atoms with Crippen LogP contribution in [0.1, 0.15) is 72.6 Å². The van der Waals surface area contributed by atoms with Crippen LogP contribution in [0.3, 0.4) is 0 Å². The second kappa shape index (κ2) is 8.69.